The highest BCUT2D eigenvalue weighted by molar-refractivity contribution is 5.21. The van der Waals surface area contributed by atoms with Crippen molar-refractivity contribution < 1.29 is 0 Å². The maximum atomic E-state index is 4.02. The van der Waals surface area contributed by atoms with Crippen molar-refractivity contribution in [3.63, 3.8) is 0 Å². The Morgan fingerprint density at radius 2 is 1.85 bits per heavy atom. The van der Waals surface area contributed by atoms with Gasteiger partial charge in [0.1, 0.15) is 0 Å². The van der Waals surface area contributed by atoms with Crippen LogP contribution in [-0.4, -0.2) is 19.1 Å². The van der Waals surface area contributed by atoms with Gasteiger partial charge in [0.25, 0.3) is 0 Å². The van der Waals surface area contributed by atoms with Gasteiger partial charge in [-0.25, -0.2) is 0 Å². The Morgan fingerprint density at radius 1 is 1.15 bits per heavy atom. The summed E-state index contributed by atoms with van der Waals surface area (Å²) in [4.78, 5) is 0. The van der Waals surface area contributed by atoms with Gasteiger partial charge in [0.05, 0.1) is 5.70 Å². The van der Waals surface area contributed by atoms with E-state index in [1.165, 1.54) is 0 Å². The van der Waals surface area contributed by atoms with Gasteiger partial charge in [-0.3, -0.25) is 5.01 Å². The lowest BCUT2D eigenvalue weighted by atomic mass is 10.3. The summed E-state index contributed by atoms with van der Waals surface area (Å²) in [7, 11) is 3.68. The maximum Gasteiger partial charge on any atom is 0.0870 e. The average Bonchev–Trinajstić information content (AvgIpc) is 2.09. The average molecular weight is 179 g/mol. The lowest BCUT2D eigenvalue weighted by Gasteiger charge is -1.99. The highest BCUT2D eigenvalue weighted by atomic mass is 15.5. The van der Waals surface area contributed by atoms with E-state index in [2.05, 4.69) is 10.3 Å². The fraction of sp³-hybridized carbons (Fsp3) is 0.400. The maximum absolute atomic E-state index is 4.02. The van der Waals surface area contributed by atoms with Gasteiger partial charge in [0, 0.05) is 14.1 Å². The van der Waals surface area contributed by atoms with Crippen LogP contribution in [0, 0.1) is 0 Å². The van der Waals surface area contributed by atoms with Crippen LogP contribution in [0.25, 0.3) is 0 Å². The fourth-order valence-electron chi connectivity index (χ4n) is 0.629. The highest BCUT2D eigenvalue weighted by Crippen LogP contribution is 2.01. The minimum Gasteiger partial charge on any atom is -0.285 e. The van der Waals surface area contributed by atoms with Crippen LogP contribution < -0.4 is 0 Å². The van der Waals surface area contributed by atoms with E-state index in [1.807, 2.05) is 58.3 Å². The van der Waals surface area contributed by atoms with E-state index in [9.17, 15) is 0 Å². The van der Waals surface area contributed by atoms with Gasteiger partial charge < -0.3 is 0 Å². The van der Waals surface area contributed by atoms with Crippen molar-refractivity contribution in [1.29, 1.82) is 0 Å². The molecule has 0 aliphatic rings. The van der Waals surface area contributed by atoms with Crippen LogP contribution in [0.5, 0.6) is 0 Å². The van der Waals surface area contributed by atoms with E-state index in [4.69, 9.17) is 0 Å². The molecule has 0 bridgehead atoms. The van der Waals surface area contributed by atoms with Crippen LogP contribution in [0.1, 0.15) is 13.8 Å². The Bertz CT molecular complexity index is 235. The molecule has 0 atom stereocenters. The molecule has 0 rings (SSSR count). The zero-order chi connectivity index (χ0) is 10.1. The van der Waals surface area contributed by atoms with Gasteiger partial charge in [-0.2, -0.15) is 0 Å². The Kier molecular flexibility index (Phi) is 6.51. The van der Waals surface area contributed by atoms with Gasteiger partial charge in [-0.05, 0) is 26.0 Å². The summed E-state index contributed by atoms with van der Waals surface area (Å²) < 4.78 is 0. The van der Waals surface area contributed by atoms with Gasteiger partial charge >= 0.3 is 0 Å². The van der Waals surface area contributed by atoms with Crippen LogP contribution in [0.2, 0.25) is 0 Å². The Balaban J connectivity index is 4.43. The number of allylic oxidation sites excluding steroid dienone is 5. The van der Waals surface area contributed by atoms with E-state index in [-0.39, 0.29) is 0 Å². The second kappa shape index (κ2) is 7.28. The number of hydrogen-bond acceptors (Lipinski definition) is 2. The Hall–Kier alpha value is -1.38. The lowest BCUT2D eigenvalue weighted by Crippen LogP contribution is -1.99. The number of rotatable bonds is 4. The summed E-state index contributed by atoms with van der Waals surface area (Å²) in [6, 6.07) is 0. The third-order valence-electron chi connectivity index (χ3n) is 1.14. The van der Waals surface area contributed by atoms with Gasteiger partial charge in [-0.1, -0.05) is 23.5 Å². The first kappa shape index (κ1) is 11.6. The summed E-state index contributed by atoms with van der Waals surface area (Å²) in [6.07, 6.45) is 9.64. The first-order valence-corrected chi connectivity index (χ1v) is 4.25. The van der Waals surface area contributed by atoms with Crippen molar-refractivity contribution in [3.8, 4) is 0 Å². The highest BCUT2D eigenvalue weighted by Gasteiger charge is 1.85. The minimum absolute atomic E-state index is 0.842. The molecule has 0 amide bonds. The molecule has 0 saturated carbocycles. The second-order valence-corrected chi connectivity index (χ2v) is 2.65. The van der Waals surface area contributed by atoms with Crippen molar-refractivity contribution in [1.82, 2.24) is 5.01 Å². The van der Waals surface area contributed by atoms with Crippen molar-refractivity contribution in [3.05, 3.63) is 36.1 Å². The largest absolute Gasteiger partial charge is 0.285 e. The first-order valence-electron chi connectivity index (χ1n) is 4.25. The lowest BCUT2D eigenvalue weighted by molar-refractivity contribution is 0.406. The first-order chi connectivity index (χ1) is 6.20. The van der Waals surface area contributed by atoms with E-state index >= 15 is 0 Å². The number of hydrogen-bond donors (Lipinski definition) is 0. The van der Waals surface area contributed by atoms with E-state index < -0.39 is 0 Å². The standard InChI is InChI=1S/C10H17N3/c1-5-7-9-10(8-6-2)11-12-13(3)4/h5-9H,1-4H3/b7-5-,8-6-,10-9+,12-11?. The summed E-state index contributed by atoms with van der Waals surface area (Å²) >= 11 is 0. The molecular weight excluding hydrogens is 162 g/mol. The molecule has 0 aromatic heterocycles. The molecule has 0 aromatic rings. The zero-order valence-electron chi connectivity index (χ0n) is 8.73. The van der Waals surface area contributed by atoms with Crippen molar-refractivity contribution in [2.75, 3.05) is 14.1 Å². The molecule has 3 nitrogen and oxygen atoms in total. The summed E-state index contributed by atoms with van der Waals surface area (Å²) in [5, 5.41) is 9.59. The monoisotopic (exact) mass is 179 g/mol. The van der Waals surface area contributed by atoms with E-state index in [1.54, 1.807) is 5.01 Å². The molecule has 0 fully saturated rings. The summed E-state index contributed by atoms with van der Waals surface area (Å²) in [5.41, 5.74) is 0.842. The summed E-state index contributed by atoms with van der Waals surface area (Å²) in [6.45, 7) is 3.92. The van der Waals surface area contributed by atoms with Crippen LogP contribution in [0.15, 0.2) is 46.4 Å². The molecule has 72 valence electrons. The van der Waals surface area contributed by atoms with Crippen molar-refractivity contribution >= 4 is 0 Å². The van der Waals surface area contributed by atoms with E-state index in [0.29, 0.717) is 0 Å². The molecule has 0 radical (unpaired) electrons. The molecule has 0 unspecified atom stereocenters. The van der Waals surface area contributed by atoms with Gasteiger partial charge in [0.2, 0.25) is 0 Å². The normalized spacial score (nSPS) is 13.7. The molecule has 0 heterocycles. The van der Waals surface area contributed by atoms with Crippen molar-refractivity contribution in [2.45, 2.75) is 13.8 Å². The van der Waals surface area contributed by atoms with Crippen LogP contribution in [0.3, 0.4) is 0 Å². The molecule has 0 aliphatic carbocycles. The molecule has 0 aliphatic heterocycles. The smallest absolute Gasteiger partial charge is 0.0870 e. The topological polar surface area (TPSA) is 28.0 Å². The van der Waals surface area contributed by atoms with Gasteiger partial charge in [0.15, 0.2) is 0 Å². The van der Waals surface area contributed by atoms with E-state index in [0.717, 1.165) is 5.70 Å². The van der Waals surface area contributed by atoms with Crippen LogP contribution in [-0.2, 0) is 0 Å². The second-order valence-electron chi connectivity index (χ2n) is 2.65. The third kappa shape index (κ3) is 7.00. The van der Waals surface area contributed by atoms with Crippen LogP contribution in [0.4, 0.5) is 0 Å². The Morgan fingerprint density at radius 3 is 2.31 bits per heavy atom. The molecule has 0 N–H and O–H groups in total. The molecule has 3 heteroatoms. The minimum atomic E-state index is 0.842. The van der Waals surface area contributed by atoms with Gasteiger partial charge in [-0.15, -0.1) is 5.11 Å². The molecule has 0 aromatic carbocycles. The molecular formula is C10H17N3. The fourth-order valence-corrected chi connectivity index (χ4v) is 0.629. The predicted octanol–water partition coefficient (Wildman–Crippen LogP) is 2.95. The Labute approximate surface area is 80.1 Å². The summed E-state index contributed by atoms with van der Waals surface area (Å²) in [5.74, 6) is 0. The van der Waals surface area contributed by atoms with Crippen molar-refractivity contribution in [2.24, 2.45) is 10.3 Å². The predicted molar refractivity (Wildman–Crippen MR) is 56.3 cm³/mol. The SMILES string of the molecule is C\C=C/C=C(\C=C/C)N=NN(C)C. The number of nitrogens with zero attached hydrogens (tertiary/aromatic N) is 3. The quantitative estimate of drug-likeness (QED) is 0.370. The third-order valence-corrected chi connectivity index (χ3v) is 1.14. The molecule has 13 heavy (non-hydrogen) atoms. The zero-order valence-corrected chi connectivity index (χ0v) is 8.73. The molecule has 0 spiro atoms. The van der Waals surface area contributed by atoms with Crippen LogP contribution >= 0.6 is 0 Å². The molecule has 0 saturated heterocycles.